The second-order valence-electron chi connectivity index (χ2n) is 9.88. The molecule has 0 saturated heterocycles. The van der Waals surface area contributed by atoms with E-state index in [2.05, 4.69) is 53.4 Å². The Bertz CT molecular complexity index is 923. The first-order valence-electron chi connectivity index (χ1n) is 12.5. The fourth-order valence-corrected chi connectivity index (χ4v) is 4.74. The van der Waals surface area contributed by atoms with Gasteiger partial charge in [0.2, 0.25) is 5.91 Å². The maximum absolute atomic E-state index is 12.9. The number of hydrogen-bond acceptors (Lipinski definition) is 4. The van der Waals surface area contributed by atoms with Gasteiger partial charge >= 0.3 is 0 Å². The van der Waals surface area contributed by atoms with Crippen molar-refractivity contribution in [3.63, 3.8) is 0 Å². The number of rotatable bonds is 9. The van der Waals surface area contributed by atoms with Gasteiger partial charge in [0, 0.05) is 48.5 Å². The van der Waals surface area contributed by atoms with Crippen molar-refractivity contribution in [2.45, 2.75) is 76.4 Å². The molecular formula is C28H38N4O. The number of benzene rings is 1. The molecule has 33 heavy (non-hydrogen) atoms. The van der Waals surface area contributed by atoms with Gasteiger partial charge in [0.25, 0.3) is 0 Å². The lowest BCUT2D eigenvalue weighted by Gasteiger charge is -2.31. The number of hydrogen-bond donors (Lipinski definition) is 2. The molecule has 0 radical (unpaired) electrons. The minimum absolute atomic E-state index is 0.0293. The summed E-state index contributed by atoms with van der Waals surface area (Å²) in [6.07, 6.45) is 10.6. The molecule has 1 aromatic carbocycles. The standard InChI is InChI=1S/C28H38N4O/c1-20(17-22-9-5-4-6-10-22)28(33)31-25-11-7-8-12-26(18-25)32(3)27-16-13-23(19-29-27)21(2)30-24-14-15-24/h4-6,9-10,13,16,19-20,24-26,30H,2,7-8,11-12,14-15,17-18H2,1,3H3,(H,31,33). The van der Waals surface area contributed by atoms with E-state index in [4.69, 9.17) is 4.98 Å². The van der Waals surface area contributed by atoms with E-state index in [1.54, 1.807) is 0 Å². The number of nitrogens with one attached hydrogen (secondary N) is 2. The highest BCUT2D eigenvalue weighted by atomic mass is 16.1. The molecule has 2 saturated carbocycles. The molecule has 0 bridgehead atoms. The smallest absolute Gasteiger partial charge is 0.223 e. The molecule has 3 atom stereocenters. The molecule has 2 aliphatic rings. The Labute approximate surface area is 198 Å². The first-order chi connectivity index (χ1) is 16.0. The van der Waals surface area contributed by atoms with E-state index >= 15 is 0 Å². The summed E-state index contributed by atoms with van der Waals surface area (Å²) in [6.45, 7) is 6.18. The zero-order valence-electron chi connectivity index (χ0n) is 20.1. The van der Waals surface area contributed by atoms with Crippen molar-refractivity contribution in [2.75, 3.05) is 11.9 Å². The van der Waals surface area contributed by atoms with Gasteiger partial charge in [-0.25, -0.2) is 4.98 Å². The van der Waals surface area contributed by atoms with Crippen molar-refractivity contribution in [1.29, 1.82) is 0 Å². The van der Waals surface area contributed by atoms with E-state index in [0.29, 0.717) is 12.1 Å². The number of anilines is 1. The van der Waals surface area contributed by atoms with Crippen molar-refractivity contribution in [1.82, 2.24) is 15.6 Å². The van der Waals surface area contributed by atoms with E-state index < -0.39 is 0 Å². The summed E-state index contributed by atoms with van der Waals surface area (Å²) in [5.74, 6) is 1.11. The van der Waals surface area contributed by atoms with Crippen molar-refractivity contribution < 1.29 is 4.79 Å². The molecule has 0 spiro atoms. The predicted molar refractivity (Wildman–Crippen MR) is 136 cm³/mol. The summed E-state index contributed by atoms with van der Waals surface area (Å²) >= 11 is 0. The summed E-state index contributed by atoms with van der Waals surface area (Å²) in [7, 11) is 2.13. The highest BCUT2D eigenvalue weighted by molar-refractivity contribution is 5.78. The highest BCUT2D eigenvalue weighted by Crippen LogP contribution is 2.27. The molecule has 5 nitrogen and oxygen atoms in total. The summed E-state index contributed by atoms with van der Waals surface area (Å²) in [4.78, 5) is 19.9. The molecule has 2 aromatic rings. The van der Waals surface area contributed by atoms with E-state index in [0.717, 1.165) is 49.2 Å². The SMILES string of the molecule is C=C(NC1CC1)c1ccc(N(C)C2CCCCC(NC(=O)C(C)Cc3ccccc3)C2)nc1. The third-order valence-corrected chi connectivity index (χ3v) is 7.04. The van der Waals surface area contributed by atoms with Crippen molar-refractivity contribution >= 4 is 17.4 Å². The van der Waals surface area contributed by atoms with Crippen LogP contribution < -0.4 is 15.5 Å². The molecule has 4 rings (SSSR count). The Morgan fingerprint density at radius 1 is 1.06 bits per heavy atom. The van der Waals surface area contributed by atoms with Crippen LogP contribution in [0.5, 0.6) is 0 Å². The van der Waals surface area contributed by atoms with Crippen LogP contribution in [0.4, 0.5) is 5.82 Å². The van der Waals surface area contributed by atoms with Crippen molar-refractivity contribution in [2.24, 2.45) is 5.92 Å². The topological polar surface area (TPSA) is 57.3 Å². The fourth-order valence-electron chi connectivity index (χ4n) is 4.74. The first kappa shape index (κ1) is 23.3. The van der Waals surface area contributed by atoms with Crippen molar-refractivity contribution in [3.05, 3.63) is 66.4 Å². The fraction of sp³-hybridized carbons (Fsp3) is 0.500. The molecule has 2 fully saturated rings. The van der Waals surface area contributed by atoms with Crippen LogP contribution in [0, 0.1) is 5.92 Å². The molecular weight excluding hydrogens is 408 g/mol. The van der Waals surface area contributed by atoms with E-state index in [-0.39, 0.29) is 17.9 Å². The second kappa shape index (κ2) is 10.9. The highest BCUT2D eigenvalue weighted by Gasteiger charge is 2.27. The molecule has 1 aromatic heterocycles. The lowest BCUT2D eigenvalue weighted by Crippen LogP contribution is -2.43. The van der Waals surface area contributed by atoms with Crippen LogP contribution in [0.2, 0.25) is 0 Å². The van der Waals surface area contributed by atoms with Crippen LogP contribution in [0.15, 0.2) is 55.2 Å². The van der Waals surface area contributed by atoms with Gasteiger partial charge in [-0.3, -0.25) is 4.79 Å². The van der Waals surface area contributed by atoms with Gasteiger partial charge in [-0.15, -0.1) is 0 Å². The van der Waals surface area contributed by atoms with Crippen LogP contribution in [0.3, 0.4) is 0 Å². The largest absolute Gasteiger partial charge is 0.382 e. The van der Waals surface area contributed by atoms with Gasteiger partial charge < -0.3 is 15.5 Å². The predicted octanol–water partition coefficient (Wildman–Crippen LogP) is 4.94. The number of amides is 1. The Kier molecular flexibility index (Phi) is 7.69. The van der Waals surface area contributed by atoms with Gasteiger partial charge in [-0.1, -0.05) is 56.7 Å². The number of nitrogens with zero attached hydrogens (tertiary/aromatic N) is 2. The molecule has 3 unspecified atom stereocenters. The zero-order chi connectivity index (χ0) is 23.2. The van der Waals surface area contributed by atoms with Crippen LogP contribution in [0.25, 0.3) is 5.70 Å². The number of carbonyl (C=O) groups is 1. The second-order valence-corrected chi connectivity index (χ2v) is 9.88. The average Bonchev–Trinajstić information content (AvgIpc) is 3.67. The summed E-state index contributed by atoms with van der Waals surface area (Å²) in [5.41, 5.74) is 3.22. The molecule has 5 heteroatoms. The first-order valence-corrected chi connectivity index (χ1v) is 12.5. The average molecular weight is 447 g/mol. The van der Waals surface area contributed by atoms with E-state index in [9.17, 15) is 4.79 Å². The minimum Gasteiger partial charge on any atom is -0.382 e. The zero-order valence-corrected chi connectivity index (χ0v) is 20.1. The van der Waals surface area contributed by atoms with Gasteiger partial charge in [-0.05, 0) is 56.2 Å². The monoisotopic (exact) mass is 446 g/mol. The third-order valence-electron chi connectivity index (χ3n) is 7.04. The quantitative estimate of drug-likeness (QED) is 0.536. The lowest BCUT2D eigenvalue weighted by atomic mass is 9.98. The summed E-state index contributed by atoms with van der Waals surface area (Å²) in [6, 6.07) is 15.6. The molecule has 1 amide bonds. The number of carbonyl (C=O) groups excluding carboxylic acids is 1. The maximum Gasteiger partial charge on any atom is 0.223 e. The molecule has 2 N–H and O–H groups in total. The minimum atomic E-state index is -0.0293. The Balaban J connectivity index is 1.33. The summed E-state index contributed by atoms with van der Waals surface area (Å²) < 4.78 is 0. The number of aromatic nitrogens is 1. The van der Waals surface area contributed by atoms with Crippen LogP contribution in [-0.2, 0) is 11.2 Å². The van der Waals surface area contributed by atoms with Gasteiger partial charge in [0.1, 0.15) is 5.82 Å². The third kappa shape index (κ3) is 6.59. The molecule has 0 aliphatic heterocycles. The summed E-state index contributed by atoms with van der Waals surface area (Å²) in [5, 5.41) is 6.81. The van der Waals surface area contributed by atoms with Gasteiger partial charge in [0.05, 0.1) is 0 Å². The Morgan fingerprint density at radius 2 is 1.82 bits per heavy atom. The maximum atomic E-state index is 12.9. The van der Waals surface area contributed by atoms with Gasteiger partial charge in [-0.2, -0.15) is 0 Å². The van der Waals surface area contributed by atoms with Crippen molar-refractivity contribution in [3.8, 4) is 0 Å². The normalized spacial score (nSPS) is 21.5. The lowest BCUT2D eigenvalue weighted by molar-refractivity contribution is -0.125. The van der Waals surface area contributed by atoms with Crippen LogP contribution >= 0.6 is 0 Å². The van der Waals surface area contributed by atoms with Gasteiger partial charge in [0.15, 0.2) is 0 Å². The molecule has 176 valence electrons. The van der Waals surface area contributed by atoms with E-state index in [1.807, 2.05) is 31.3 Å². The molecule has 1 heterocycles. The Hall–Kier alpha value is -2.82. The molecule has 2 aliphatic carbocycles. The number of pyridine rings is 1. The van der Waals surface area contributed by atoms with Crippen LogP contribution in [-0.4, -0.2) is 36.1 Å². The van der Waals surface area contributed by atoms with Crippen LogP contribution in [0.1, 0.15) is 63.0 Å². The Morgan fingerprint density at radius 3 is 2.52 bits per heavy atom. The van der Waals surface area contributed by atoms with E-state index in [1.165, 1.54) is 24.8 Å².